The zero-order valence-electron chi connectivity index (χ0n) is 14.8. The molecule has 0 aromatic carbocycles. The maximum atomic E-state index is 12.5. The molecule has 0 spiro atoms. The Morgan fingerprint density at radius 3 is 2.54 bits per heavy atom. The number of ether oxygens (including phenoxy) is 3. The standard InChI is InChI=1S/C14H24BrClNO8P/c1-4-17(6-5-16)26(20,21)25-13-7-11(15)14(23-10(3)19)12(24-13)8-22-9(2)18/h11-14H,4-8H2,1-3H3,(H,20,21). The summed E-state index contributed by atoms with van der Waals surface area (Å²) in [6.45, 7) is 4.42. The lowest BCUT2D eigenvalue weighted by Crippen LogP contribution is -2.51. The summed E-state index contributed by atoms with van der Waals surface area (Å²) in [7, 11) is -4.14. The fourth-order valence-corrected chi connectivity index (χ4v) is 4.76. The van der Waals surface area contributed by atoms with Crippen molar-refractivity contribution in [2.24, 2.45) is 0 Å². The molecule has 0 saturated carbocycles. The molecular weight excluding hydrogens is 456 g/mol. The van der Waals surface area contributed by atoms with Crippen LogP contribution in [0.15, 0.2) is 0 Å². The molecule has 0 bridgehead atoms. The van der Waals surface area contributed by atoms with Crippen LogP contribution in [-0.4, -0.2) is 70.4 Å². The first-order valence-electron chi connectivity index (χ1n) is 8.03. The predicted octanol–water partition coefficient (Wildman–Crippen LogP) is 2.04. The number of esters is 2. The lowest BCUT2D eigenvalue weighted by atomic mass is 10.0. The first-order valence-corrected chi connectivity index (χ1v) is 11.0. The van der Waals surface area contributed by atoms with Crippen LogP contribution in [0.1, 0.15) is 27.2 Å². The molecule has 1 aliphatic heterocycles. The van der Waals surface area contributed by atoms with Crippen LogP contribution in [0.5, 0.6) is 0 Å². The SMILES string of the molecule is CCN(CCCl)P(=O)(O)OC1CC(Br)C(OC(C)=O)C(COC(C)=O)O1. The largest absolute Gasteiger partial charge is 0.463 e. The Bertz CT molecular complexity index is 539. The van der Waals surface area contributed by atoms with Crippen LogP contribution < -0.4 is 0 Å². The fourth-order valence-electron chi connectivity index (χ4n) is 2.40. The molecule has 1 saturated heterocycles. The average molecular weight is 481 g/mol. The molecule has 5 atom stereocenters. The molecule has 0 radical (unpaired) electrons. The van der Waals surface area contributed by atoms with Gasteiger partial charge in [0, 0.05) is 39.2 Å². The van der Waals surface area contributed by atoms with Crippen molar-refractivity contribution in [2.75, 3.05) is 25.6 Å². The maximum absolute atomic E-state index is 12.5. The van der Waals surface area contributed by atoms with Crippen LogP contribution in [0.4, 0.5) is 0 Å². The van der Waals surface area contributed by atoms with E-state index in [1.807, 2.05) is 0 Å². The van der Waals surface area contributed by atoms with E-state index in [4.69, 9.17) is 30.3 Å². The summed E-state index contributed by atoms with van der Waals surface area (Å²) in [6, 6.07) is 0. The molecule has 9 nitrogen and oxygen atoms in total. The van der Waals surface area contributed by atoms with E-state index in [2.05, 4.69) is 15.9 Å². The molecule has 26 heavy (non-hydrogen) atoms. The zero-order valence-corrected chi connectivity index (χ0v) is 18.0. The summed E-state index contributed by atoms with van der Waals surface area (Å²) in [5.41, 5.74) is 0. The van der Waals surface area contributed by atoms with Crippen LogP contribution in [0.3, 0.4) is 0 Å². The van der Waals surface area contributed by atoms with Gasteiger partial charge in [0.05, 0.1) is 4.83 Å². The monoisotopic (exact) mass is 479 g/mol. The van der Waals surface area contributed by atoms with Gasteiger partial charge in [-0.2, -0.15) is 0 Å². The van der Waals surface area contributed by atoms with E-state index in [1.54, 1.807) is 6.92 Å². The second-order valence-electron chi connectivity index (χ2n) is 5.56. The maximum Gasteiger partial charge on any atom is 0.407 e. The Morgan fingerprint density at radius 1 is 1.38 bits per heavy atom. The lowest BCUT2D eigenvalue weighted by Gasteiger charge is -2.39. The summed E-state index contributed by atoms with van der Waals surface area (Å²) in [6.07, 6.45) is -2.51. The second-order valence-corrected chi connectivity index (χ2v) is 8.88. The Kier molecular flexibility index (Phi) is 10.0. The smallest absolute Gasteiger partial charge is 0.407 e. The van der Waals surface area contributed by atoms with Crippen LogP contribution in [0.25, 0.3) is 0 Å². The summed E-state index contributed by atoms with van der Waals surface area (Å²) in [4.78, 5) is 32.2. The molecule has 0 aromatic heterocycles. The fraction of sp³-hybridized carbons (Fsp3) is 0.857. The van der Waals surface area contributed by atoms with Crippen LogP contribution in [0, 0.1) is 0 Å². The third-order valence-electron chi connectivity index (χ3n) is 3.54. The van der Waals surface area contributed by atoms with Gasteiger partial charge in [-0.3, -0.25) is 14.1 Å². The number of carbonyl (C=O) groups excluding carboxylic acids is 2. The molecule has 1 heterocycles. The third-order valence-corrected chi connectivity index (χ3v) is 6.31. The summed E-state index contributed by atoms with van der Waals surface area (Å²) < 4.78 is 34.8. The van der Waals surface area contributed by atoms with Gasteiger partial charge in [-0.1, -0.05) is 22.9 Å². The molecule has 152 valence electrons. The Morgan fingerprint density at radius 2 is 2.04 bits per heavy atom. The zero-order chi connectivity index (χ0) is 19.9. The molecule has 1 fully saturated rings. The molecule has 1 N–H and O–H groups in total. The number of rotatable bonds is 9. The van der Waals surface area contributed by atoms with Crippen LogP contribution in [-0.2, 0) is 32.9 Å². The molecule has 0 amide bonds. The van der Waals surface area contributed by atoms with Crippen molar-refractivity contribution in [3.8, 4) is 0 Å². The van der Waals surface area contributed by atoms with Crippen LogP contribution >= 0.6 is 35.3 Å². The van der Waals surface area contributed by atoms with Crippen molar-refractivity contribution in [1.29, 1.82) is 0 Å². The number of hydrogen-bond donors (Lipinski definition) is 1. The number of carbonyl (C=O) groups is 2. The highest BCUT2D eigenvalue weighted by Gasteiger charge is 2.44. The highest BCUT2D eigenvalue weighted by atomic mass is 79.9. The highest BCUT2D eigenvalue weighted by Crippen LogP contribution is 2.49. The highest BCUT2D eigenvalue weighted by molar-refractivity contribution is 9.09. The van der Waals surface area contributed by atoms with E-state index in [1.165, 1.54) is 18.5 Å². The van der Waals surface area contributed by atoms with Gasteiger partial charge in [0.15, 0.2) is 6.29 Å². The predicted molar refractivity (Wildman–Crippen MR) is 97.1 cm³/mol. The first-order chi connectivity index (χ1) is 12.1. The van der Waals surface area contributed by atoms with E-state index >= 15 is 0 Å². The minimum atomic E-state index is -4.14. The molecule has 1 aliphatic rings. The van der Waals surface area contributed by atoms with E-state index in [-0.39, 0.29) is 32.0 Å². The first kappa shape index (κ1) is 23.8. The molecule has 5 unspecified atom stereocenters. The number of nitrogens with zero attached hydrogens (tertiary/aromatic N) is 1. The van der Waals surface area contributed by atoms with Crippen molar-refractivity contribution in [1.82, 2.24) is 4.67 Å². The van der Waals surface area contributed by atoms with E-state index in [9.17, 15) is 19.0 Å². The molecule has 1 rings (SSSR count). The van der Waals surface area contributed by atoms with Gasteiger partial charge in [0.2, 0.25) is 0 Å². The summed E-state index contributed by atoms with van der Waals surface area (Å²) in [5, 5.41) is 0. The van der Waals surface area contributed by atoms with Gasteiger partial charge >= 0.3 is 19.7 Å². The second kappa shape index (κ2) is 10.9. The normalized spacial score (nSPS) is 28.4. The summed E-state index contributed by atoms with van der Waals surface area (Å²) in [5.74, 6) is -0.892. The van der Waals surface area contributed by atoms with Gasteiger partial charge in [-0.25, -0.2) is 9.24 Å². The summed E-state index contributed by atoms with van der Waals surface area (Å²) >= 11 is 9.02. The number of halogens is 2. The molecule has 12 heteroatoms. The van der Waals surface area contributed by atoms with Gasteiger partial charge in [0.25, 0.3) is 0 Å². The molecule has 0 aliphatic carbocycles. The molecular formula is C14H24BrClNO8P. The van der Waals surface area contributed by atoms with Gasteiger partial charge < -0.3 is 19.1 Å². The Labute approximate surface area is 165 Å². The van der Waals surface area contributed by atoms with Crippen molar-refractivity contribution < 1.29 is 37.8 Å². The van der Waals surface area contributed by atoms with Crippen molar-refractivity contribution in [3.63, 3.8) is 0 Å². The quantitative estimate of drug-likeness (QED) is 0.301. The molecule has 0 aromatic rings. The minimum absolute atomic E-state index is 0.150. The topological polar surface area (TPSA) is 112 Å². The lowest BCUT2D eigenvalue weighted by molar-refractivity contribution is -0.212. The van der Waals surface area contributed by atoms with E-state index < -0.39 is 43.0 Å². The number of alkyl halides is 2. The van der Waals surface area contributed by atoms with E-state index in [0.717, 1.165) is 0 Å². The Hall–Kier alpha value is -0.220. The third kappa shape index (κ3) is 7.42. The minimum Gasteiger partial charge on any atom is -0.463 e. The average Bonchev–Trinajstić information content (AvgIpc) is 2.52. The Balaban J connectivity index is 2.86. The van der Waals surface area contributed by atoms with Crippen LogP contribution in [0.2, 0.25) is 0 Å². The van der Waals surface area contributed by atoms with E-state index in [0.29, 0.717) is 0 Å². The van der Waals surface area contributed by atoms with Gasteiger partial charge in [-0.05, 0) is 0 Å². The van der Waals surface area contributed by atoms with Gasteiger partial charge in [-0.15, -0.1) is 11.6 Å². The van der Waals surface area contributed by atoms with Gasteiger partial charge in [0.1, 0.15) is 18.8 Å². The van der Waals surface area contributed by atoms with Crippen molar-refractivity contribution in [3.05, 3.63) is 0 Å². The van der Waals surface area contributed by atoms with Crippen molar-refractivity contribution >= 4 is 47.2 Å². The van der Waals surface area contributed by atoms with Crippen molar-refractivity contribution in [2.45, 2.75) is 50.5 Å². The number of hydrogen-bond acceptors (Lipinski definition) is 7.